The van der Waals surface area contributed by atoms with E-state index in [2.05, 4.69) is 27.9 Å². The molecular formula is C7H14INO2. The fraction of sp³-hybridized carbons (Fsp3) is 1.00. The Morgan fingerprint density at radius 3 is 2.55 bits per heavy atom. The van der Waals surface area contributed by atoms with E-state index < -0.39 is 0 Å². The largest absolute Gasteiger partial charge is 0.347 e. The van der Waals surface area contributed by atoms with E-state index in [0.29, 0.717) is 0 Å². The molecule has 0 atom stereocenters. The standard InChI is InChI=1S/C7H14INO2/c1-9-3-2-7(6-8)10-4-5-11-7/h9H,2-6H2,1H3. The third-order valence-electron chi connectivity index (χ3n) is 1.77. The molecule has 0 spiro atoms. The van der Waals surface area contributed by atoms with Crippen LogP contribution >= 0.6 is 22.6 Å². The lowest BCUT2D eigenvalue weighted by molar-refractivity contribution is -0.138. The second-order valence-corrected chi connectivity index (χ2v) is 3.36. The molecule has 1 rings (SSSR count). The molecule has 66 valence electrons. The average molecular weight is 271 g/mol. The van der Waals surface area contributed by atoms with Crippen LogP contribution in [-0.2, 0) is 9.47 Å². The van der Waals surface area contributed by atoms with Crippen molar-refractivity contribution < 1.29 is 9.47 Å². The summed E-state index contributed by atoms with van der Waals surface area (Å²) < 4.78 is 12.0. The molecule has 0 aromatic rings. The summed E-state index contributed by atoms with van der Waals surface area (Å²) in [4.78, 5) is 0. The van der Waals surface area contributed by atoms with Crippen LogP contribution in [0.1, 0.15) is 6.42 Å². The fourth-order valence-corrected chi connectivity index (χ4v) is 1.92. The number of alkyl halides is 1. The highest BCUT2D eigenvalue weighted by Gasteiger charge is 2.34. The van der Waals surface area contributed by atoms with Crippen molar-refractivity contribution in [3.05, 3.63) is 0 Å². The Labute approximate surface area is 81.0 Å². The van der Waals surface area contributed by atoms with Crippen LogP contribution in [0.5, 0.6) is 0 Å². The van der Waals surface area contributed by atoms with Gasteiger partial charge in [-0.3, -0.25) is 0 Å². The lowest BCUT2D eigenvalue weighted by atomic mass is 10.2. The Bertz CT molecular complexity index is 115. The fourth-order valence-electron chi connectivity index (χ4n) is 1.10. The molecule has 1 N–H and O–H groups in total. The summed E-state index contributed by atoms with van der Waals surface area (Å²) in [5, 5.41) is 3.09. The van der Waals surface area contributed by atoms with Crippen LogP contribution in [0.15, 0.2) is 0 Å². The van der Waals surface area contributed by atoms with Crippen LogP contribution in [0.4, 0.5) is 0 Å². The van der Waals surface area contributed by atoms with Gasteiger partial charge in [-0.25, -0.2) is 0 Å². The molecule has 0 aromatic carbocycles. The zero-order valence-electron chi connectivity index (χ0n) is 6.73. The van der Waals surface area contributed by atoms with Crippen LogP contribution in [-0.4, -0.2) is 37.0 Å². The number of hydrogen-bond donors (Lipinski definition) is 1. The molecule has 1 aliphatic rings. The molecule has 0 bridgehead atoms. The minimum atomic E-state index is -0.288. The van der Waals surface area contributed by atoms with Gasteiger partial charge in [0, 0.05) is 6.42 Å². The summed E-state index contributed by atoms with van der Waals surface area (Å²) in [7, 11) is 1.94. The third kappa shape index (κ3) is 2.54. The molecule has 0 aromatic heterocycles. The number of hydrogen-bond acceptors (Lipinski definition) is 3. The van der Waals surface area contributed by atoms with Crippen LogP contribution in [0.25, 0.3) is 0 Å². The molecule has 1 fully saturated rings. The maximum absolute atomic E-state index is 5.52. The lowest BCUT2D eigenvalue weighted by Gasteiger charge is -2.24. The number of nitrogens with one attached hydrogen (secondary N) is 1. The smallest absolute Gasteiger partial charge is 0.178 e. The van der Waals surface area contributed by atoms with E-state index in [4.69, 9.17) is 9.47 Å². The predicted octanol–water partition coefficient (Wildman–Crippen LogP) is 0.774. The van der Waals surface area contributed by atoms with E-state index in [9.17, 15) is 0 Å². The Morgan fingerprint density at radius 2 is 2.09 bits per heavy atom. The van der Waals surface area contributed by atoms with Gasteiger partial charge >= 0.3 is 0 Å². The molecule has 11 heavy (non-hydrogen) atoms. The van der Waals surface area contributed by atoms with Crippen molar-refractivity contribution in [1.82, 2.24) is 5.32 Å². The second kappa shape index (κ2) is 4.59. The van der Waals surface area contributed by atoms with Gasteiger partial charge in [-0.15, -0.1) is 0 Å². The molecule has 0 amide bonds. The third-order valence-corrected chi connectivity index (χ3v) is 2.94. The highest BCUT2D eigenvalue weighted by molar-refractivity contribution is 14.1. The van der Waals surface area contributed by atoms with Crippen molar-refractivity contribution in [3.63, 3.8) is 0 Å². The van der Waals surface area contributed by atoms with Crippen LogP contribution in [0, 0.1) is 0 Å². The normalized spacial score (nSPS) is 22.4. The van der Waals surface area contributed by atoms with E-state index in [1.807, 2.05) is 7.05 Å². The summed E-state index contributed by atoms with van der Waals surface area (Å²) >= 11 is 2.30. The topological polar surface area (TPSA) is 30.5 Å². The molecule has 1 heterocycles. The SMILES string of the molecule is CNCCC1(CI)OCCO1. The van der Waals surface area contributed by atoms with E-state index in [-0.39, 0.29) is 5.79 Å². The zero-order valence-corrected chi connectivity index (χ0v) is 8.89. The Kier molecular flexibility index (Phi) is 4.05. The van der Waals surface area contributed by atoms with Gasteiger partial charge in [-0.2, -0.15) is 0 Å². The molecule has 0 unspecified atom stereocenters. The highest BCUT2D eigenvalue weighted by Crippen LogP contribution is 2.25. The van der Waals surface area contributed by atoms with Crippen molar-refractivity contribution in [2.75, 3.05) is 31.2 Å². The molecule has 3 nitrogen and oxygen atoms in total. The summed E-state index contributed by atoms with van der Waals surface area (Å²) in [6, 6.07) is 0. The molecule has 0 radical (unpaired) electrons. The summed E-state index contributed by atoms with van der Waals surface area (Å²) in [6.45, 7) is 2.43. The van der Waals surface area contributed by atoms with E-state index in [1.54, 1.807) is 0 Å². The molecule has 1 saturated heterocycles. The van der Waals surface area contributed by atoms with Gasteiger partial charge in [0.15, 0.2) is 5.79 Å². The Balaban J connectivity index is 2.33. The van der Waals surface area contributed by atoms with Gasteiger partial charge in [0.05, 0.1) is 17.6 Å². The second-order valence-electron chi connectivity index (χ2n) is 2.59. The van der Waals surface area contributed by atoms with Gasteiger partial charge in [-0.1, -0.05) is 22.6 Å². The van der Waals surface area contributed by atoms with Crippen molar-refractivity contribution in [2.24, 2.45) is 0 Å². The van der Waals surface area contributed by atoms with Crippen molar-refractivity contribution in [1.29, 1.82) is 0 Å². The van der Waals surface area contributed by atoms with Crippen molar-refractivity contribution >= 4 is 22.6 Å². The Morgan fingerprint density at radius 1 is 1.45 bits per heavy atom. The number of ether oxygens (including phenoxy) is 2. The monoisotopic (exact) mass is 271 g/mol. The molecule has 4 heteroatoms. The van der Waals surface area contributed by atoms with E-state index in [0.717, 1.165) is 30.6 Å². The maximum Gasteiger partial charge on any atom is 0.178 e. The highest BCUT2D eigenvalue weighted by atomic mass is 127. The molecule has 1 aliphatic heterocycles. The Hall–Kier alpha value is 0.610. The lowest BCUT2D eigenvalue weighted by Crippen LogP contribution is -2.35. The molecule has 0 saturated carbocycles. The number of rotatable bonds is 4. The first-order valence-electron chi connectivity index (χ1n) is 3.81. The van der Waals surface area contributed by atoms with E-state index >= 15 is 0 Å². The quantitative estimate of drug-likeness (QED) is 0.605. The zero-order chi connectivity index (χ0) is 8.16. The first-order chi connectivity index (χ1) is 5.33. The first kappa shape index (κ1) is 9.70. The van der Waals surface area contributed by atoms with Gasteiger partial charge < -0.3 is 14.8 Å². The summed E-state index contributed by atoms with van der Waals surface area (Å²) in [5.74, 6) is -0.288. The van der Waals surface area contributed by atoms with E-state index in [1.165, 1.54) is 0 Å². The maximum atomic E-state index is 5.52. The van der Waals surface area contributed by atoms with Gasteiger partial charge in [0.25, 0.3) is 0 Å². The van der Waals surface area contributed by atoms with Crippen LogP contribution < -0.4 is 5.32 Å². The first-order valence-corrected chi connectivity index (χ1v) is 5.34. The predicted molar refractivity (Wildman–Crippen MR) is 52.1 cm³/mol. The van der Waals surface area contributed by atoms with Gasteiger partial charge in [0.1, 0.15) is 0 Å². The minimum absolute atomic E-state index is 0.288. The van der Waals surface area contributed by atoms with Gasteiger partial charge in [0.2, 0.25) is 0 Å². The molecule has 0 aliphatic carbocycles. The van der Waals surface area contributed by atoms with Gasteiger partial charge in [-0.05, 0) is 13.6 Å². The average Bonchev–Trinajstić information content (AvgIpc) is 2.50. The van der Waals surface area contributed by atoms with Crippen molar-refractivity contribution in [3.8, 4) is 0 Å². The number of halogens is 1. The molecular weight excluding hydrogens is 257 g/mol. The van der Waals surface area contributed by atoms with Crippen LogP contribution in [0.3, 0.4) is 0 Å². The van der Waals surface area contributed by atoms with Crippen LogP contribution in [0.2, 0.25) is 0 Å². The van der Waals surface area contributed by atoms with Crippen molar-refractivity contribution in [2.45, 2.75) is 12.2 Å². The minimum Gasteiger partial charge on any atom is -0.347 e. The summed E-state index contributed by atoms with van der Waals surface area (Å²) in [6.07, 6.45) is 0.937. The summed E-state index contributed by atoms with van der Waals surface area (Å²) in [5.41, 5.74) is 0.